The van der Waals surface area contributed by atoms with Gasteiger partial charge in [0.05, 0.1) is 6.54 Å². The van der Waals surface area contributed by atoms with Gasteiger partial charge in [0, 0.05) is 6.20 Å². The maximum Gasteiger partial charge on any atom is 0.278 e. The van der Waals surface area contributed by atoms with Crippen LogP contribution in [0.5, 0.6) is 5.75 Å². The third-order valence-electron chi connectivity index (χ3n) is 4.17. The number of anilines is 1. The van der Waals surface area contributed by atoms with E-state index < -0.39 is 0 Å². The second kappa shape index (κ2) is 8.39. The van der Waals surface area contributed by atoms with Crippen molar-refractivity contribution in [1.29, 1.82) is 0 Å². The summed E-state index contributed by atoms with van der Waals surface area (Å²) in [4.78, 5) is 16.5. The topological polar surface area (TPSA) is 86.9 Å². The number of ether oxygens (including phenoxy) is 1. The number of amides is 1. The predicted octanol–water partition coefficient (Wildman–Crippen LogP) is 3.12. The van der Waals surface area contributed by atoms with E-state index >= 15 is 0 Å². The van der Waals surface area contributed by atoms with E-state index in [0.29, 0.717) is 6.54 Å². The van der Waals surface area contributed by atoms with Gasteiger partial charge in [-0.25, -0.2) is 14.3 Å². The Morgan fingerprint density at radius 1 is 1.03 bits per heavy atom. The second-order valence-electron chi connectivity index (χ2n) is 6.54. The highest BCUT2D eigenvalue weighted by Crippen LogP contribution is 2.10. The van der Waals surface area contributed by atoms with E-state index in [2.05, 4.69) is 26.6 Å². The molecule has 0 aliphatic rings. The van der Waals surface area contributed by atoms with Crippen LogP contribution in [0.4, 0.5) is 5.95 Å². The third-order valence-corrected chi connectivity index (χ3v) is 4.17. The zero-order chi connectivity index (χ0) is 20.1. The molecule has 0 saturated heterocycles. The minimum atomic E-state index is -0.378. The molecular formula is C21H20N6O2. The van der Waals surface area contributed by atoms with Crippen LogP contribution in [0.25, 0.3) is 0 Å². The molecule has 4 rings (SSSR count). The summed E-state index contributed by atoms with van der Waals surface area (Å²) < 4.78 is 8.84. The highest BCUT2D eigenvalue weighted by molar-refractivity contribution is 6.01. The number of nitrogens with one attached hydrogen (secondary N) is 1. The third kappa shape index (κ3) is 4.86. The molecule has 29 heavy (non-hydrogen) atoms. The molecule has 2 aromatic heterocycles. The quantitative estimate of drug-likeness (QED) is 0.526. The monoisotopic (exact) mass is 388 g/mol. The van der Waals surface area contributed by atoms with Crippen molar-refractivity contribution in [1.82, 2.24) is 24.5 Å². The number of nitrogens with zero attached hydrogens (tertiary/aromatic N) is 5. The van der Waals surface area contributed by atoms with Gasteiger partial charge in [-0.05, 0) is 30.7 Å². The van der Waals surface area contributed by atoms with Crippen molar-refractivity contribution in [2.75, 3.05) is 5.32 Å². The molecule has 0 radical (unpaired) electrons. The zero-order valence-corrected chi connectivity index (χ0v) is 15.9. The van der Waals surface area contributed by atoms with E-state index in [9.17, 15) is 4.79 Å². The molecule has 2 aromatic carbocycles. The van der Waals surface area contributed by atoms with Crippen LogP contribution in [0.2, 0.25) is 0 Å². The molecular weight excluding hydrogens is 368 g/mol. The van der Waals surface area contributed by atoms with Crippen LogP contribution < -0.4 is 10.1 Å². The number of hydrogen-bond donors (Lipinski definition) is 1. The van der Waals surface area contributed by atoms with E-state index in [1.165, 1.54) is 5.56 Å². The van der Waals surface area contributed by atoms with Crippen molar-refractivity contribution in [2.24, 2.45) is 0 Å². The molecule has 2 heterocycles. The van der Waals surface area contributed by atoms with Crippen LogP contribution in [0.3, 0.4) is 0 Å². The SMILES string of the molecule is Cc1cccc(Cn2cnc(NC(=O)c3ccn(COc4ccccc4)n3)n2)c1. The summed E-state index contributed by atoms with van der Waals surface area (Å²) in [7, 11) is 0. The Bertz CT molecular complexity index is 1100. The van der Waals surface area contributed by atoms with Crippen LogP contribution in [-0.2, 0) is 13.3 Å². The van der Waals surface area contributed by atoms with E-state index in [0.717, 1.165) is 11.3 Å². The number of para-hydroxylation sites is 1. The minimum absolute atomic E-state index is 0.209. The van der Waals surface area contributed by atoms with Crippen LogP contribution >= 0.6 is 0 Å². The zero-order valence-electron chi connectivity index (χ0n) is 15.9. The highest BCUT2D eigenvalue weighted by atomic mass is 16.5. The Balaban J connectivity index is 1.34. The fourth-order valence-corrected chi connectivity index (χ4v) is 2.80. The Morgan fingerprint density at radius 2 is 1.90 bits per heavy atom. The summed E-state index contributed by atoms with van der Waals surface area (Å²) in [6.45, 7) is 2.83. The van der Waals surface area contributed by atoms with Crippen molar-refractivity contribution in [3.63, 3.8) is 0 Å². The molecule has 0 saturated carbocycles. The van der Waals surface area contributed by atoms with E-state index in [-0.39, 0.29) is 24.3 Å². The Hall–Kier alpha value is -3.94. The number of carbonyl (C=O) groups excluding carboxylic acids is 1. The first-order chi connectivity index (χ1) is 14.2. The van der Waals surface area contributed by atoms with Crippen molar-refractivity contribution in [3.8, 4) is 5.75 Å². The minimum Gasteiger partial charge on any atom is -0.471 e. The van der Waals surface area contributed by atoms with Crippen molar-refractivity contribution < 1.29 is 9.53 Å². The number of aryl methyl sites for hydroxylation is 1. The molecule has 146 valence electrons. The molecule has 0 spiro atoms. The molecule has 0 aliphatic carbocycles. The summed E-state index contributed by atoms with van der Waals surface area (Å²) in [5.41, 5.74) is 2.56. The van der Waals surface area contributed by atoms with Gasteiger partial charge in [0.15, 0.2) is 12.4 Å². The number of rotatable bonds is 7. The second-order valence-corrected chi connectivity index (χ2v) is 6.54. The lowest BCUT2D eigenvalue weighted by molar-refractivity contribution is 0.101. The number of carbonyl (C=O) groups is 1. The van der Waals surface area contributed by atoms with Gasteiger partial charge in [0.1, 0.15) is 12.1 Å². The predicted molar refractivity (Wildman–Crippen MR) is 108 cm³/mol. The van der Waals surface area contributed by atoms with Gasteiger partial charge in [-0.2, -0.15) is 5.10 Å². The van der Waals surface area contributed by atoms with Gasteiger partial charge in [-0.1, -0.05) is 48.0 Å². The van der Waals surface area contributed by atoms with Crippen molar-refractivity contribution in [2.45, 2.75) is 20.2 Å². The first kappa shape index (κ1) is 18.4. The number of hydrogen-bond acceptors (Lipinski definition) is 5. The molecule has 8 heteroatoms. The first-order valence-corrected chi connectivity index (χ1v) is 9.13. The van der Waals surface area contributed by atoms with Gasteiger partial charge in [-0.3, -0.25) is 10.1 Å². The summed E-state index contributed by atoms with van der Waals surface area (Å²) >= 11 is 0. The van der Waals surface area contributed by atoms with E-state index in [1.807, 2.05) is 55.5 Å². The largest absolute Gasteiger partial charge is 0.471 e. The average molecular weight is 388 g/mol. The fourth-order valence-electron chi connectivity index (χ4n) is 2.80. The molecule has 1 N–H and O–H groups in total. The maximum atomic E-state index is 12.4. The number of benzene rings is 2. The molecule has 1 amide bonds. The normalized spacial score (nSPS) is 10.7. The molecule has 0 aliphatic heterocycles. The van der Waals surface area contributed by atoms with Crippen LogP contribution in [0.1, 0.15) is 21.6 Å². The Kier molecular flexibility index (Phi) is 5.33. The fraction of sp³-hybridized carbons (Fsp3) is 0.143. The smallest absolute Gasteiger partial charge is 0.278 e. The summed E-state index contributed by atoms with van der Waals surface area (Å²) in [6, 6.07) is 19.2. The molecule has 0 bridgehead atoms. The van der Waals surface area contributed by atoms with Gasteiger partial charge in [-0.15, -0.1) is 5.10 Å². The van der Waals surface area contributed by atoms with E-state index in [4.69, 9.17) is 4.74 Å². The number of aromatic nitrogens is 5. The lowest BCUT2D eigenvalue weighted by atomic mass is 10.1. The molecule has 0 fully saturated rings. The van der Waals surface area contributed by atoms with Gasteiger partial charge in [0.2, 0.25) is 5.95 Å². The van der Waals surface area contributed by atoms with Gasteiger partial charge in [0.25, 0.3) is 5.91 Å². The Morgan fingerprint density at radius 3 is 2.72 bits per heavy atom. The lowest BCUT2D eigenvalue weighted by Crippen LogP contribution is -2.15. The van der Waals surface area contributed by atoms with Gasteiger partial charge >= 0.3 is 0 Å². The highest BCUT2D eigenvalue weighted by Gasteiger charge is 2.12. The molecule has 0 unspecified atom stereocenters. The van der Waals surface area contributed by atoms with E-state index in [1.54, 1.807) is 28.0 Å². The van der Waals surface area contributed by atoms with Crippen molar-refractivity contribution in [3.05, 3.63) is 90.0 Å². The lowest BCUT2D eigenvalue weighted by Gasteiger charge is -2.05. The van der Waals surface area contributed by atoms with Crippen molar-refractivity contribution >= 4 is 11.9 Å². The molecule has 4 aromatic rings. The standard InChI is InChI=1S/C21H20N6O2/c1-16-6-5-7-17(12-16)13-27-14-22-21(25-27)23-20(28)19-10-11-26(24-19)15-29-18-8-3-2-4-9-18/h2-12,14H,13,15H2,1H3,(H,23,25,28). The summed E-state index contributed by atoms with van der Waals surface area (Å²) in [5, 5.41) is 11.2. The Labute approximate surface area is 167 Å². The van der Waals surface area contributed by atoms with Crippen LogP contribution in [0.15, 0.2) is 73.2 Å². The first-order valence-electron chi connectivity index (χ1n) is 9.13. The van der Waals surface area contributed by atoms with Crippen LogP contribution in [0, 0.1) is 6.92 Å². The van der Waals surface area contributed by atoms with Gasteiger partial charge < -0.3 is 4.74 Å². The average Bonchev–Trinajstić information content (AvgIpc) is 3.37. The summed E-state index contributed by atoms with van der Waals surface area (Å²) in [5.74, 6) is 0.590. The van der Waals surface area contributed by atoms with Crippen LogP contribution in [-0.4, -0.2) is 30.5 Å². The maximum absolute atomic E-state index is 12.4. The molecule has 0 atom stereocenters. The summed E-state index contributed by atoms with van der Waals surface area (Å²) in [6.07, 6.45) is 3.27. The molecule has 8 nitrogen and oxygen atoms in total.